The SMILES string of the molecule is CC1CN(c2ccccc2)CCN1C(=O)NC(C)(C)C. The van der Waals surface area contributed by atoms with Crippen molar-refractivity contribution in [2.75, 3.05) is 24.5 Å². The molecule has 1 aromatic rings. The van der Waals surface area contributed by atoms with Gasteiger partial charge in [-0.25, -0.2) is 4.79 Å². The van der Waals surface area contributed by atoms with Gasteiger partial charge < -0.3 is 15.1 Å². The van der Waals surface area contributed by atoms with Crippen molar-refractivity contribution in [2.24, 2.45) is 0 Å². The van der Waals surface area contributed by atoms with Crippen molar-refractivity contribution in [2.45, 2.75) is 39.3 Å². The van der Waals surface area contributed by atoms with E-state index < -0.39 is 0 Å². The Morgan fingerprint density at radius 2 is 1.85 bits per heavy atom. The Morgan fingerprint density at radius 3 is 2.40 bits per heavy atom. The molecule has 1 heterocycles. The van der Waals surface area contributed by atoms with E-state index in [1.165, 1.54) is 5.69 Å². The summed E-state index contributed by atoms with van der Waals surface area (Å²) in [6.07, 6.45) is 0. The molecular weight excluding hydrogens is 250 g/mol. The van der Waals surface area contributed by atoms with E-state index in [1.807, 2.05) is 31.7 Å². The summed E-state index contributed by atoms with van der Waals surface area (Å²) in [7, 11) is 0. The number of rotatable bonds is 1. The van der Waals surface area contributed by atoms with Crippen LogP contribution in [0.5, 0.6) is 0 Å². The maximum absolute atomic E-state index is 12.3. The molecule has 2 amide bonds. The van der Waals surface area contributed by atoms with Crippen molar-refractivity contribution in [1.82, 2.24) is 10.2 Å². The van der Waals surface area contributed by atoms with Crippen LogP contribution >= 0.6 is 0 Å². The van der Waals surface area contributed by atoms with Crippen LogP contribution in [0.15, 0.2) is 30.3 Å². The number of para-hydroxylation sites is 1. The molecule has 0 spiro atoms. The molecule has 4 nitrogen and oxygen atoms in total. The lowest BCUT2D eigenvalue weighted by molar-refractivity contribution is 0.163. The Balaban J connectivity index is 1.98. The molecule has 1 atom stereocenters. The van der Waals surface area contributed by atoms with Gasteiger partial charge in [-0.3, -0.25) is 0 Å². The van der Waals surface area contributed by atoms with E-state index in [1.54, 1.807) is 0 Å². The fourth-order valence-electron chi connectivity index (χ4n) is 2.53. The number of benzene rings is 1. The number of hydrogen-bond donors (Lipinski definition) is 1. The van der Waals surface area contributed by atoms with E-state index in [0.29, 0.717) is 0 Å². The summed E-state index contributed by atoms with van der Waals surface area (Å²) in [4.78, 5) is 16.5. The van der Waals surface area contributed by atoms with E-state index in [9.17, 15) is 4.79 Å². The van der Waals surface area contributed by atoms with E-state index in [2.05, 4.69) is 41.4 Å². The first-order chi connectivity index (χ1) is 9.37. The third kappa shape index (κ3) is 3.65. The van der Waals surface area contributed by atoms with Crippen LogP contribution in [0.2, 0.25) is 0 Å². The second-order valence-electron chi connectivity index (χ2n) is 6.50. The van der Waals surface area contributed by atoms with E-state index in [-0.39, 0.29) is 17.6 Å². The van der Waals surface area contributed by atoms with Crippen molar-refractivity contribution >= 4 is 11.7 Å². The van der Waals surface area contributed by atoms with Gasteiger partial charge in [0.2, 0.25) is 0 Å². The monoisotopic (exact) mass is 275 g/mol. The van der Waals surface area contributed by atoms with E-state index >= 15 is 0 Å². The van der Waals surface area contributed by atoms with Crippen molar-refractivity contribution in [3.8, 4) is 0 Å². The predicted octanol–water partition coefficient (Wildman–Crippen LogP) is 2.71. The van der Waals surface area contributed by atoms with Gasteiger partial charge in [-0.2, -0.15) is 0 Å². The normalized spacial score (nSPS) is 19.9. The highest BCUT2D eigenvalue weighted by molar-refractivity contribution is 5.75. The topological polar surface area (TPSA) is 35.6 Å². The molecule has 110 valence electrons. The number of nitrogens with one attached hydrogen (secondary N) is 1. The number of carbonyl (C=O) groups is 1. The van der Waals surface area contributed by atoms with Gasteiger partial charge in [0.05, 0.1) is 0 Å². The van der Waals surface area contributed by atoms with Crippen LogP contribution in [0.3, 0.4) is 0 Å². The summed E-state index contributed by atoms with van der Waals surface area (Å²) in [5, 5.41) is 3.04. The first kappa shape index (κ1) is 14.7. The summed E-state index contributed by atoms with van der Waals surface area (Å²) in [6, 6.07) is 10.6. The minimum atomic E-state index is -0.187. The zero-order chi connectivity index (χ0) is 14.8. The number of hydrogen-bond acceptors (Lipinski definition) is 2. The molecule has 1 aliphatic rings. The molecule has 1 saturated heterocycles. The smallest absolute Gasteiger partial charge is 0.318 e. The van der Waals surface area contributed by atoms with Crippen molar-refractivity contribution in [1.29, 1.82) is 0 Å². The van der Waals surface area contributed by atoms with Crippen LogP contribution in [0.4, 0.5) is 10.5 Å². The molecule has 2 rings (SSSR count). The number of nitrogens with zero attached hydrogens (tertiary/aromatic N) is 2. The third-order valence-electron chi connectivity index (χ3n) is 3.49. The Hall–Kier alpha value is -1.71. The summed E-state index contributed by atoms with van der Waals surface area (Å²) >= 11 is 0. The fourth-order valence-corrected chi connectivity index (χ4v) is 2.53. The van der Waals surface area contributed by atoms with Gasteiger partial charge in [-0.15, -0.1) is 0 Å². The molecule has 0 saturated carbocycles. The largest absolute Gasteiger partial charge is 0.368 e. The molecule has 1 N–H and O–H groups in total. The highest BCUT2D eigenvalue weighted by Crippen LogP contribution is 2.19. The summed E-state index contributed by atoms with van der Waals surface area (Å²) in [6.45, 7) is 10.7. The van der Waals surface area contributed by atoms with Gasteiger partial charge in [-0.05, 0) is 39.8 Å². The molecule has 0 bridgehead atoms. The van der Waals surface area contributed by atoms with E-state index in [0.717, 1.165) is 19.6 Å². The van der Waals surface area contributed by atoms with Gasteiger partial charge in [0.1, 0.15) is 0 Å². The maximum Gasteiger partial charge on any atom is 0.318 e. The number of anilines is 1. The lowest BCUT2D eigenvalue weighted by Gasteiger charge is -2.41. The lowest BCUT2D eigenvalue weighted by Crippen LogP contribution is -2.59. The molecular formula is C16H25N3O. The molecule has 0 radical (unpaired) electrons. The van der Waals surface area contributed by atoms with Crippen LogP contribution in [-0.4, -0.2) is 42.1 Å². The number of carbonyl (C=O) groups excluding carboxylic acids is 1. The van der Waals surface area contributed by atoms with Crippen LogP contribution in [0, 0.1) is 0 Å². The summed E-state index contributed by atoms with van der Waals surface area (Å²) in [5.41, 5.74) is 1.04. The van der Waals surface area contributed by atoms with Crippen LogP contribution in [0.25, 0.3) is 0 Å². The first-order valence-corrected chi connectivity index (χ1v) is 7.25. The molecule has 1 fully saturated rings. The second-order valence-corrected chi connectivity index (χ2v) is 6.50. The second kappa shape index (κ2) is 5.73. The van der Waals surface area contributed by atoms with Gasteiger partial charge in [0.25, 0.3) is 0 Å². The highest BCUT2D eigenvalue weighted by atomic mass is 16.2. The highest BCUT2D eigenvalue weighted by Gasteiger charge is 2.29. The number of amides is 2. The van der Waals surface area contributed by atoms with Gasteiger partial charge in [-0.1, -0.05) is 18.2 Å². The van der Waals surface area contributed by atoms with Crippen molar-refractivity contribution < 1.29 is 4.79 Å². The molecule has 1 unspecified atom stereocenters. The summed E-state index contributed by atoms with van der Waals surface area (Å²) < 4.78 is 0. The van der Waals surface area contributed by atoms with Crippen molar-refractivity contribution in [3.05, 3.63) is 30.3 Å². The molecule has 20 heavy (non-hydrogen) atoms. The zero-order valence-corrected chi connectivity index (χ0v) is 12.9. The zero-order valence-electron chi connectivity index (χ0n) is 12.9. The predicted molar refractivity (Wildman–Crippen MR) is 83.1 cm³/mol. The molecule has 4 heteroatoms. The van der Waals surface area contributed by atoms with E-state index in [4.69, 9.17) is 0 Å². The third-order valence-corrected chi connectivity index (χ3v) is 3.49. The van der Waals surface area contributed by atoms with Crippen LogP contribution < -0.4 is 10.2 Å². The lowest BCUT2D eigenvalue weighted by atomic mass is 10.1. The Bertz CT molecular complexity index is 453. The average molecular weight is 275 g/mol. The van der Waals surface area contributed by atoms with Gasteiger partial charge in [0.15, 0.2) is 0 Å². The van der Waals surface area contributed by atoms with Crippen LogP contribution in [-0.2, 0) is 0 Å². The molecule has 1 aromatic carbocycles. The first-order valence-electron chi connectivity index (χ1n) is 7.25. The molecule has 0 aromatic heterocycles. The Kier molecular flexibility index (Phi) is 4.21. The Morgan fingerprint density at radius 1 is 1.20 bits per heavy atom. The number of piperazine rings is 1. The van der Waals surface area contributed by atoms with Gasteiger partial charge in [0, 0.05) is 36.9 Å². The Labute approximate surface area is 121 Å². The number of urea groups is 1. The van der Waals surface area contributed by atoms with Crippen LogP contribution in [0.1, 0.15) is 27.7 Å². The molecule has 0 aliphatic carbocycles. The minimum absolute atomic E-state index is 0.0395. The van der Waals surface area contributed by atoms with Gasteiger partial charge >= 0.3 is 6.03 Å². The van der Waals surface area contributed by atoms with Crippen molar-refractivity contribution in [3.63, 3.8) is 0 Å². The summed E-state index contributed by atoms with van der Waals surface area (Å²) in [5.74, 6) is 0. The minimum Gasteiger partial charge on any atom is -0.368 e. The standard InChI is InChI=1S/C16H25N3O/c1-13-12-18(14-8-6-5-7-9-14)10-11-19(13)15(20)17-16(2,3)4/h5-9,13H,10-12H2,1-4H3,(H,17,20). The maximum atomic E-state index is 12.3. The molecule has 1 aliphatic heterocycles. The fraction of sp³-hybridized carbons (Fsp3) is 0.562. The quantitative estimate of drug-likeness (QED) is 0.855. The average Bonchev–Trinajstić information content (AvgIpc) is 2.37.